The van der Waals surface area contributed by atoms with Crippen molar-refractivity contribution in [2.45, 2.75) is 6.42 Å². The molecule has 0 radical (unpaired) electrons. The number of hydrogen-bond donors (Lipinski definition) is 2. The van der Waals surface area contributed by atoms with Crippen LogP contribution >= 0.6 is 11.6 Å². The first kappa shape index (κ1) is 17.4. The summed E-state index contributed by atoms with van der Waals surface area (Å²) in [6, 6.07) is 3.96. The number of nitrogens with one attached hydrogen (secondary N) is 2. The van der Waals surface area contributed by atoms with E-state index in [0.29, 0.717) is 5.56 Å². The molecule has 0 spiro atoms. The highest BCUT2D eigenvalue weighted by Crippen LogP contribution is 2.18. The van der Waals surface area contributed by atoms with Crippen LogP contribution in [-0.2, 0) is 19.4 Å². The number of benzene rings is 1. The smallest absolute Gasteiger partial charge is 0.262 e. The van der Waals surface area contributed by atoms with E-state index in [9.17, 15) is 22.4 Å². The predicted molar refractivity (Wildman–Crippen MR) is 83.5 cm³/mol. The van der Waals surface area contributed by atoms with E-state index in [1.54, 1.807) is 0 Å². The highest BCUT2D eigenvalue weighted by molar-refractivity contribution is 7.91. The van der Waals surface area contributed by atoms with Crippen LogP contribution < -0.4 is 10.9 Å². The summed E-state index contributed by atoms with van der Waals surface area (Å²) >= 11 is 5.61. The van der Waals surface area contributed by atoms with E-state index in [4.69, 9.17) is 11.6 Å². The Balaban J connectivity index is 1.84. The van der Waals surface area contributed by atoms with Crippen molar-refractivity contribution in [3.63, 3.8) is 0 Å². The molecule has 0 unspecified atom stereocenters. The number of hydrogen-bond acceptors (Lipinski definition) is 4. The Kier molecular flexibility index (Phi) is 5.38. The van der Waals surface area contributed by atoms with Gasteiger partial charge in [0.15, 0.2) is 9.84 Å². The Labute approximate surface area is 137 Å². The molecule has 1 fully saturated rings. The molecule has 2 rings (SSSR count). The van der Waals surface area contributed by atoms with E-state index in [2.05, 4.69) is 10.9 Å². The van der Waals surface area contributed by atoms with Crippen molar-refractivity contribution in [3.05, 3.63) is 40.7 Å². The summed E-state index contributed by atoms with van der Waals surface area (Å²) in [4.78, 5) is 23.3. The van der Waals surface area contributed by atoms with Crippen molar-refractivity contribution in [2.24, 2.45) is 5.92 Å². The fourth-order valence-corrected chi connectivity index (χ4v) is 3.99. The molecular weight excluding hydrogens is 347 g/mol. The molecule has 1 aliphatic rings. The number of sulfone groups is 1. The van der Waals surface area contributed by atoms with Crippen LogP contribution in [0, 0.1) is 11.7 Å². The number of carbonyl (C=O) groups excluding carboxylic acids is 2. The average molecular weight is 361 g/mol. The van der Waals surface area contributed by atoms with E-state index in [1.165, 1.54) is 24.3 Å². The lowest BCUT2D eigenvalue weighted by Gasteiger charge is -2.09. The standard InChI is InChI=1S/C14H14ClFN2O4S/c15-11-7-9(1-3-12(11)16)2-4-13(19)17-18-14(20)10-5-6-23(21,22)8-10/h1-4,7,10H,5-6,8H2,(H,17,19)(H,18,20)/b4-2+/t10-/m0/s1. The van der Waals surface area contributed by atoms with Crippen molar-refractivity contribution in [2.75, 3.05) is 11.5 Å². The molecule has 1 aliphatic heterocycles. The van der Waals surface area contributed by atoms with Gasteiger partial charge >= 0.3 is 0 Å². The molecule has 124 valence electrons. The van der Waals surface area contributed by atoms with Crippen molar-refractivity contribution < 1.29 is 22.4 Å². The van der Waals surface area contributed by atoms with Gasteiger partial charge in [-0.15, -0.1) is 0 Å². The summed E-state index contributed by atoms with van der Waals surface area (Å²) in [5.74, 6) is -2.60. The maximum Gasteiger partial charge on any atom is 0.262 e. The quantitative estimate of drug-likeness (QED) is 0.623. The third kappa shape index (κ3) is 5.04. The molecule has 0 bridgehead atoms. The molecule has 9 heteroatoms. The third-order valence-corrected chi connectivity index (χ3v) is 5.34. The normalized spacial score (nSPS) is 19.7. The molecule has 1 atom stereocenters. The highest BCUT2D eigenvalue weighted by atomic mass is 35.5. The lowest BCUT2D eigenvalue weighted by Crippen LogP contribution is -2.44. The summed E-state index contributed by atoms with van der Waals surface area (Å²) in [5.41, 5.74) is 4.85. The minimum absolute atomic E-state index is 0.0235. The van der Waals surface area contributed by atoms with Gasteiger partial charge in [-0.1, -0.05) is 17.7 Å². The maximum atomic E-state index is 13.0. The van der Waals surface area contributed by atoms with Gasteiger partial charge < -0.3 is 0 Å². The van der Waals surface area contributed by atoms with Crippen molar-refractivity contribution in [1.29, 1.82) is 0 Å². The second kappa shape index (κ2) is 7.10. The molecule has 0 aromatic heterocycles. The second-order valence-electron chi connectivity index (χ2n) is 5.09. The van der Waals surface area contributed by atoms with Gasteiger partial charge in [0.2, 0.25) is 5.91 Å². The summed E-state index contributed by atoms with van der Waals surface area (Å²) in [6.45, 7) is 0. The van der Waals surface area contributed by atoms with Crippen molar-refractivity contribution >= 4 is 39.3 Å². The average Bonchev–Trinajstić information content (AvgIpc) is 2.86. The molecule has 6 nitrogen and oxygen atoms in total. The van der Waals surface area contributed by atoms with Gasteiger partial charge in [-0.3, -0.25) is 20.4 Å². The first-order chi connectivity index (χ1) is 10.8. The number of carbonyl (C=O) groups is 2. The van der Waals surface area contributed by atoms with Crippen LogP contribution in [0.4, 0.5) is 4.39 Å². The predicted octanol–water partition coefficient (Wildman–Crippen LogP) is 1.07. The number of hydrazine groups is 1. The molecule has 2 N–H and O–H groups in total. The van der Waals surface area contributed by atoms with E-state index in [0.717, 1.165) is 6.08 Å². The molecule has 1 aromatic carbocycles. The number of halogens is 2. The highest BCUT2D eigenvalue weighted by Gasteiger charge is 2.32. The molecular formula is C14H14ClFN2O4S. The molecule has 1 heterocycles. The molecule has 2 amide bonds. The van der Waals surface area contributed by atoms with Gasteiger partial charge in [0.05, 0.1) is 22.4 Å². The molecule has 1 aromatic rings. The zero-order valence-electron chi connectivity index (χ0n) is 11.9. The molecule has 0 aliphatic carbocycles. The van der Waals surface area contributed by atoms with E-state index >= 15 is 0 Å². The van der Waals surface area contributed by atoms with Gasteiger partial charge in [0.1, 0.15) is 5.82 Å². The lowest BCUT2D eigenvalue weighted by atomic mass is 10.1. The fourth-order valence-electron chi connectivity index (χ4n) is 2.06. The largest absolute Gasteiger partial charge is 0.273 e. The van der Waals surface area contributed by atoms with Crippen LogP contribution in [0.1, 0.15) is 12.0 Å². The summed E-state index contributed by atoms with van der Waals surface area (Å²) < 4.78 is 35.5. The van der Waals surface area contributed by atoms with E-state index in [1.807, 2.05) is 0 Å². The van der Waals surface area contributed by atoms with Crippen LogP contribution in [0.25, 0.3) is 6.08 Å². The van der Waals surface area contributed by atoms with E-state index < -0.39 is 33.4 Å². The summed E-state index contributed by atoms with van der Waals surface area (Å²) in [5, 5.41) is -0.0664. The second-order valence-corrected chi connectivity index (χ2v) is 7.72. The number of rotatable bonds is 3. The zero-order valence-corrected chi connectivity index (χ0v) is 13.5. The monoisotopic (exact) mass is 360 g/mol. The Bertz CT molecular complexity index is 764. The Morgan fingerprint density at radius 1 is 1.30 bits per heavy atom. The van der Waals surface area contributed by atoms with Crippen LogP contribution in [0.15, 0.2) is 24.3 Å². The Hall–Kier alpha value is -1.93. The minimum Gasteiger partial charge on any atom is -0.273 e. The van der Waals surface area contributed by atoms with Crippen molar-refractivity contribution in [1.82, 2.24) is 10.9 Å². The SMILES string of the molecule is O=C(/C=C/c1ccc(F)c(Cl)c1)NNC(=O)[C@H]1CCS(=O)(=O)C1. The van der Waals surface area contributed by atoms with Crippen LogP contribution in [0.5, 0.6) is 0 Å². The van der Waals surface area contributed by atoms with Crippen molar-refractivity contribution in [3.8, 4) is 0 Å². The maximum absolute atomic E-state index is 13.0. The van der Waals surface area contributed by atoms with Crippen LogP contribution in [0.2, 0.25) is 5.02 Å². The number of amides is 2. The van der Waals surface area contributed by atoms with Gasteiger partial charge in [-0.05, 0) is 30.2 Å². The zero-order chi connectivity index (χ0) is 17.0. The summed E-state index contributed by atoms with van der Waals surface area (Å²) in [6.07, 6.45) is 2.77. The minimum atomic E-state index is -3.16. The summed E-state index contributed by atoms with van der Waals surface area (Å²) in [7, 11) is -3.16. The van der Waals surface area contributed by atoms with Crippen LogP contribution in [0.3, 0.4) is 0 Å². The van der Waals surface area contributed by atoms with Crippen LogP contribution in [-0.4, -0.2) is 31.7 Å². The van der Waals surface area contributed by atoms with Gasteiger partial charge in [0.25, 0.3) is 5.91 Å². The topological polar surface area (TPSA) is 92.3 Å². The first-order valence-corrected chi connectivity index (χ1v) is 8.90. The molecule has 1 saturated heterocycles. The fraction of sp³-hybridized carbons (Fsp3) is 0.286. The Morgan fingerprint density at radius 3 is 2.65 bits per heavy atom. The van der Waals surface area contributed by atoms with Gasteiger partial charge in [-0.25, -0.2) is 12.8 Å². The van der Waals surface area contributed by atoms with Gasteiger partial charge in [-0.2, -0.15) is 0 Å². The third-order valence-electron chi connectivity index (χ3n) is 3.28. The van der Waals surface area contributed by atoms with E-state index in [-0.39, 0.29) is 22.9 Å². The first-order valence-electron chi connectivity index (χ1n) is 6.70. The molecule has 0 saturated carbocycles. The Morgan fingerprint density at radius 2 is 2.04 bits per heavy atom. The molecule has 23 heavy (non-hydrogen) atoms. The van der Waals surface area contributed by atoms with Gasteiger partial charge in [0, 0.05) is 6.08 Å². The lowest BCUT2D eigenvalue weighted by molar-refractivity contribution is -0.129.